The van der Waals surface area contributed by atoms with Crippen molar-refractivity contribution >= 4 is 15.9 Å². The van der Waals surface area contributed by atoms with Gasteiger partial charge in [-0.3, -0.25) is 4.90 Å². The fourth-order valence-electron chi connectivity index (χ4n) is 2.38. The van der Waals surface area contributed by atoms with Gasteiger partial charge in [0.05, 0.1) is 11.6 Å². The summed E-state index contributed by atoms with van der Waals surface area (Å²) >= 11 is 3.35. The van der Waals surface area contributed by atoms with E-state index in [1.807, 2.05) is 0 Å². The first kappa shape index (κ1) is 15.5. The van der Waals surface area contributed by atoms with Gasteiger partial charge >= 0.3 is 6.18 Å². The molecule has 1 saturated heterocycles. The average molecular weight is 349 g/mol. The van der Waals surface area contributed by atoms with Gasteiger partial charge in [-0.05, 0) is 23.8 Å². The SMILES string of the molecule is C=C[C@@H](c1cc(C(F)(F)F)ccc1Br)N1CCNCC1. The molecule has 2 rings (SSSR count). The first-order valence-corrected chi connectivity index (χ1v) is 7.16. The van der Waals surface area contributed by atoms with Crippen LogP contribution in [0.15, 0.2) is 35.3 Å². The van der Waals surface area contributed by atoms with Gasteiger partial charge in [-0.25, -0.2) is 0 Å². The highest BCUT2D eigenvalue weighted by Gasteiger charge is 2.32. The zero-order valence-corrected chi connectivity index (χ0v) is 12.5. The predicted molar refractivity (Wildman–Crippen MR) is 76.5 cm³/mol. The Morgan fingerprint density at radius 3 is 2.50 bits per heavy atom. The molecule has 1 N–H and O–H groups in total. The lowest BCUT2D eigenvalue weighted by molar-refractivity contribution is -0.137. The summed E-state index contributed by atoms with van der Waals surface area (Å²) in [6.45, 7) is 7.03. The van der Waals surface area contributed by atoms with Crippen molar-refractivity contribution in [2.75, 3.05) is 26.2 Å². The molecule has 1 aliphatic rings. The van der Waals surface area contributed by atoms with Crippen LogP contribution in [0, 0.1) is 0 Å². The van der Waals surface area contributed by atoms with Crippen LogP contribution in [0.1, 0.15) is 17.2 Å². The van der Waals surface area contributed by atoms with E-state index in [9.17, 15) is 13.2 Å². The minimum absolute atomic E-state index is 0.214. The number of nitrogens with zero attached hydrogens (tertiary/aromatic N) is 1. The standard InChI is InChI=1S/C14H16BrF3N2/c1-2-13(20-7-5-19-6-8-20)11-9-10(14(16,17)18)3-4-12(11)15/h2-4,9,13,19H,1,5-8H2/t13-/m0/s1. The first-order chi connectivity index (χ1) is 9.43. The number of hydrogen-bond acceptors (Lipinski definition) is 2. The molecule has 0 radical (unpaired) electrons. The van der Waals surface area contributed by atoms with Crippen LogP contribution in [0.25, 0.3) is 0 Å². The van der Waals surface area contributed by atoms with E-state index in [0.29, 0.717) is 10.0 Å². The molecule has 2 nitrogen and oxygen atoms in total. The Hall–Kier alpha value is -0.850. The minimum atomic E-state index is -4.33. The second-order valence-corrected chi connectivity index (χ2v) is 5.55. The molecule has 1 atom stereocenters. The predicted octanol–water partition coefficient (Wildman–Crippen LogP) is 3.60. The first-order valence-electron chi connectivity index (χ1n) is 6.37. The summed E-state index contributed by atoms with van der Waals surface area (Å²) in [5.41, 5.74) is -0.0191. The van der Waals surface area contributed by atoms with Crippen molar-refractivity contribution in [1.82, 2.24) is 10.2 Å². The van der Waals surface area contributed by atoms with Gasteiger partial charge < -0.3 is 5.32 Å². The minimum Gasteiger partial charge on any atom is -0.314 e. The number of piperazine rings is 1. The molecule has 0 unspecified atom stereocenters. The summed E-state index contributed by atoms with van der Waals surface area (Å²) in [6.07, 6.45) is -2.63. The molecule has 0 amide bonds. The van der Waals surface area contributed by atoms with Crippen LogP contribution in [0.3, 0.4) is 0 Å². The monoisotopic (exact) mass is 348 g/mol. The fraction of sp³-hybridized carbons (Fsp3) is 0.429. The van der Waals surface area contributed by atoms with Gasteiger partial charge in [0.1, 0.15) is 0 Å². The molecular weight excluding hydrogens is 333 g/mol. The van der Waals surface area contributed by atoms with Crippen LogP contribution in [0.4, 0.5) is 13.2 Å². The third kappa shape index (κ3) is 3.42. The van der Waals surface area contributed by atoms with Gasteiger partial charge in [0.25, 0.3) is 0 Å². The Kier molecular flexibility index (Phi) is 4.88. The van der Waals surface area contributed by atoms with Crippen LogP contribution in [-0.4, -0.2) is 31.1 Å². The van der Waals surface area contributed by atoms with E-state index in [1.54, 1.807) is 6.08 Å². The van der Waals surface area contributed by atoms with Crippen LogP contribution >= 0.6 is 15.9 Å². The number of rotatable bonds is 3. The quantitative estimate of drug-likeness (QED) is 0.839. The lowest BCUT2D eigenvalue weighted by atomic mass is 10.0. The molecule has 6 heteroatoms. The Labute approximate surface area is 124 Å². The zero-order valence-electron chi connectivity index (χ0n) is 10.9. The van der Waals surface area contributed by atoms with E-state index in [2.05, 4.69) is 32.7 Å². The molecule has 1 aromatic rings. The van der Waals surface area contributed by atoms with Crippen LogP contribution < -0.4 is 5.32 Å². The van der Waals surface area contributed by atoms with E-state index in [4.69, 9.17) is 0 Å². The fourth-order valence-corrected chi connectivity index (χ4v) is 2.86. The maximum absolute atomic E-state index is 12.8. The van der Waals surface area contributed by atoms with E-state index in [1.165, 1.54) is 12.1 Å². The Bertz CT molecular complexity index is 482. The summed E-state index contributed by atoms with van der Waals surface area (Å²) in [4.78, 5) is 2.13. The molecule has 0 bridgehead atoms. The van der Waals surface area contributed by atoms with Crippen molar-refractivity contribution in [3.05, 3.63) is 46.5 Å². The second-order valence-electron chi connectivity index (χ2n) is 4.70. The maximum atomic E-state index is 12.8. The lowest BCUT2D eigenvalue weighted by Crippen LogP contribution is -2.44. The van der Waals surface area contributed by atoms with E-state index in [0.717, 1.165) is 32.2 Å². The van der Waals surface area contributed by atoms with Gasteiger partial charge in [-0.2, -0.15) is 13.2 Å². The van der Waals surface area contributed by atoms with Gasteiger partial charge in [0, 0.05) is 30.7 Å². The summed E-state index contributed by atoms with van der Waals surface area (Å²) in [5, 5.41) is 3.23. The summed E-state index contributed by atoms with van der Waals surface area (Å²) < 4.78 is 39.2. The third-order valence-corrected chi connectivity index (χ3v) is 4.13. The average Bonchev–Trinajstić information content (AvgIpc) is 2.41. The molecule has 1 heterocycles. The number of hydrogen-bond donors (Lipinski definition) is 1. The summed E-state index contributed by atoms with van der Waals surface area (Å²) in [6, 6.07) is 3.54. The van der Waals surface area contributed by atoms with Crippen LogP contribution in [0.2, 0.25) is 0 Å². The molecule has 0 saturated carbocycles. The van der Waals surface area contributed by atoms with Crippen molar-refractivity contribution in [1.29, 1.82) is 0 Å². The molecule has 20 heavy (non-hydrogen) atoms. The van der Waals surface area contributed by atoms with E-state index in [-0.39, 0.29) is 6.04 Å². The molecule has 0 aliphatic carbocycles. The molecule has 1 fully saturated rings. The summed E-state index contributed by atoms with van der Waals surface area (Å²) in [7, 11) is 0. The van der Waals surface area contributed by atoms with Gasteiger partial charge in [-0.15, -0.1) is 6.58 Å². The Morgan fingerprint density at radius 1 is 1.30 bits per heavy atom. The highest BCUT2D eigenvalue weighted by Crippen LogP contribution is 2.35. The van der Waals surface area contributed by atoms with Gasteiger partial charge in [0.15, 0.2) is 0 Å². The number of alkyl halides is 3. The van der Waals surface area contributed by atoms with Crippen molar-refractivity contribution in [2.24, 2.45) is 0 Å². The molecule has 110 valence electrons. The topological polar surface area (TPSA) is 15.3 Å². The molecule has 0 spiro atoms. The summed E-state index contributed by atoms with van der Waals surface area (Å²) in [5.74, 6) is 0. The normalized spacial score (nSPS) is 18.8. The highest BCUT2D eigenvalue weighted by atomic mass is 79.9. The molecule has 0 aromatic heterocycles. The Balaban J connectivity index is 2.35. The van der Waals surface area contributed by atoms with E-state index >= 15 is 0 Å². The number of nitrogens with one attached hydrogen (secondary N) is 1. The molecular formula is C14H16BrF3N2. The van der Waals surface area contributed by atoms with Crippen molar-refractivity contribution in [3.8, 4) is 0 Å². The smallest absolute Gasteiger partial charge is 0.314 e. The Morgan fingerprint density at radius 2 is 1.95 bits per heavy atom. The molecule has 1 aliphatic heterocycles. The van der Waals surface area contributed by atoms with Crippen molar-refractivity contribution in [3.63, 3.8) is 0 Å². The largest absolute Gasteiger partial charge is 0.416 e. The van der Waals surface area contributed by atoms with Crippen molar-refractivity contribution < 1.29 is 13.2 Å². The highest BCUT2D eigenvalue weighted by molar-refractivity contribution is 9.10. The van der Waals surface area contributed by atoms with Crippen LogP contribution in [-0.2, 0) is 6.18 Å². The number of halogens is 4. The van der Waals surface area contributed by atoms with Gasteiger partial charge in [-0.1, -0.05) is 22.0 Å². The van der Waals surface area contributed by atoms with E-state index < -0.39 is 11.7 Å². The third-order valence-electron chi connectivity index (χ3n) is 3.41. The lowest BCUT2D eigenvalue weighted by Gasteiger charge is -2.34. The number of benzene rings is 1. The second kappa shape index (κ2) is 6.28. The molecule has 1 aromatic carbocycles. The van der Waals surface area contributed by atoms with Gasteiger partial charge in [0.2, 0.25) is 0 Å². The zero-order chi connectivity index (χ0) is 14.8. The maximum Gasteiger partial charge on any atom is 0.416 e. The van der Waals surface area contributed by atoms with Crippen molar-refractivity contribution in [2.45, 2.75) is 12.2 Å². The van der Waals surface area contributed by atoms with Crippen LogP contribution in [0.5, 0.6) is 0 Å².